The highest BCUT2D eigenvalue weighted by molar-refractivity contribution is 7.15. The van der Waals surface area contributed by atoms with Crippen LogP contribution in [0.1, 0.15) is 42.7 Å². The van der Waals surface area contributed by atoms with Gasteiger partial charge in [-0.1, -0.05) is 61.6 Å². The van der Waals surface area contributed by atoms with Gasteiger partial charge in [0.1, 0.15) is 11.4 Å². The molecule has 2 aromatic heterocycles. The Labute approximate surface area is 183 Å². The van der Waals surface area contributed by atoms with Gasteiger partial charge in [0.25, 0.3) is 11.1 Å². The van der Waals surface area contributed by atoms with Crippen LogP contribution in [0.3, 0.4) is 0 Å². The van der Waals surface area contributed by atoms with Crippen LogP contribution < -0.4 is 20.4 Å². The molecule has 0 aliphatic carbocycles. The highest BCUT2D eigenvalue weighted by atomic mass is 32.1. The Bertz CT molecular complexity index is 1360. The predicted molar refractivity (Wildman–Crippen MR) is 123 cm³/mol. The van der Waals surface area contributed by atoms with E-state index in [-0.39, 0.29) is 11.3 Å². The Balaban J connectivity index is 1.65. The molecular formula is C24H23N3O3S. The van der Waals surface area contributed by atoms with Gasteiger partial charge in [0.2, 0.25) is 4.96 Å². The van der Waals surface area contributed by atoms with Gasteiger partial charge in [-0.05, 0) is 47.7 Å². The number of ether oxygens (including phenoxy) is 1. The zero-order valence-corrected chi connectivity index (χ0v) is 18.3. The zero-order valence-electron chi connectivity index (χ0n) is 17.5. The van der Waals surface area contributed by atoms with Crippen molar-refractivity contribution in [1.29, 1.82) is 0 Å². The highest BCUT2D eigenvalue weighted by Crippen LogP contribution is 2.14. The fourth-order valence-electron chi connectivity index (χ4n) is 3.17. The average Bonchev–Trinajstić information content (AvgIpc) is 3.08. The number of benzene rings is 2. The Morgan fingerprint density at radius 2 is 1.71 bits per heavy atom. The summed E-state index contributed by atoms with van der Waals surface area (Å²) in [6, 6.07) is 15.6. The van der Waals surface area contributed by atoms with Gasteiger partial charge in [0.05, 0.1) is 11.1 Å². The third kappa shape index (κ3) is 4.72. The van der Waals surface area contributed by atoms with Crippen LogP contribution in [-0.2, 0) is 12.8 Å². The van der Waals surface area contributed by atoms with Crippen LogP contribution >= 0.6 is 11.3 Å². The summed E-state index contributed by atoms with van der Waals surface area (Å²) in [6.45, 7) is 4.81. The Kier molecular flexibility index (Phi) is 6.23. The van der Waals surface area contributed by atoms with E-state index in [1.165, 1.54) is 21.4 Å². The molecule has 2 aromatic carbocycles. The first-order chi connectivity index (χ1) is 15.1. The number of nitrogens with zero attached hydrogens (tertiary/aromatic N) is 3. The number of aryl methyl sites for hydroxylation is 1. The van der Waals surface area contributed by atoms with Gasteiger partial charge in [0, 0.05) is 6.42 Å². The second-order valence-electron chi connectivity index (χ2n) is 7.24. The summed E-state index contributed by atoms with van der Waals surface area (Å²) >= 11 is 1.17. The molecule has 0 N–H and O–H groups in total. The van der Waals surface area contributed by atoms with Crippen molar-refractivity contribution in [1.82, 2.24) is 14.6 Å². The second kappa shape index (κ2) is 9.22. The molecule has 6 nitrogen and oxygen atoms in total. The first-order valence-corrected chi connectivity index (χ1v) is 11.1. The molecule has 0 spiro atoms. The van der Waals surface area contributed by atoms with Crippen molar-refractivity contribution in [2.24, 2.45) is 0 Å². The zero-order chi connectivity index (χ0) is 21.8. The van der Waals surface area contributed by atoms with Crippen molar-refractivity contribution in [3.8, 4) is 5.75 Å². The average molecular weight is 434 g/mol. The van der Waals surface area contributed by atoms with Gasteiger partial charge >= 0.3 is 0 Å². The van der Waals surface area contributed by atoms with E-state index in [1.54, 1.807) is 0 Å². The van der Waals surface area contributed by atoms with Gasteiger partial charge in [-0.3, -0.25) is 9.59 Å². The number of hydrogen-bond donors (Lipinski definition) is 0. The topological polar surface area (TPSA) is 73.6 Å². The van der Waals surface area contributed by atoms with Crippen LogP contribution in [0.5, 0.6) is 5.75 Å². The summed E-state index contributed by atoms with van der Waals surface area (Å²) in [7, 11) is 0. The molecule has 7 heteroatoms. The molecule has 0 aliphatic heterocycles. The van der Waals surface area contributed by atoms with Gasteiger partial charge in [-0.25, -0.2) is 0 Å². The standard InChI is InChI=1S/C24H23N3O3S/c1-3-13-30-19-11-9-17(10-12-19)14-20-22(28)25-24-27(26-20)23(29)21(31-24)15-18-7-5-16(4-2)6-8-18/h5-12,15H,3-4,13-14H2,1-2H3. The molecule has 0 bridgehead atoms. The normalized spacial score (nSPS) is 11.9. The lowest BCUT2D eigenvalue weighted by molar-refractivity contribution is 0.317. The van der Waals surface area contributed by atoms with E-state index < -0.39 is 5.56 Å². The summed E-state index contributed by atoms with van der Waals surface area (Å²) in [6.07, 6.45) is 4.01. The lowest BCUT2D eigenvalue weighted by Crippen LogP contribution is -2.28. The molecule has 0 atom stereocenters. The van der Waals surface area contributed by atoms with Crippen molar-refractivity contribution in [3.63, 3.8) is 0 Å². The monoisotopic (exact) mass is 433 g/mol. The molecule has 4 aromatic rings. The van der Waals surface area contributed by atoms with E-state index in [0.717, 1.165) is 29.7 Å². The van der Waals surface area contributed by atoms with E-state index in [4.69, 9.17) is 4.74 Å². The number of thiazole rings is 1. The molecule has 0 aliphatic rings. The smallest absolute Gasteiger partial charge is 0.296 e. The first-order valence-electron chi connectivity index (χ1n) is 10.3. The van der Waals surface area contributed by atoms with E-state index in [9.17, 15) is 9.59 Å². The Hall–Kier alpha value is -3.32. The third-order valence-corrected chi connectivity index (χ3v) is 5.86. The Morgan fingerprint density at radius 3 is 2.39 bits per heavy atom. The van der Waals surface area contributed by atoms with Crippen LogP contribution in [-0.4, -0.2) is 21.2 Å². The molecule has 0 radical (unpaired) electrons. The minimum Gasteiger partial charge on any atom is -0.494 e. The maximum absolute atomic E-state index is 12.8. The van der Waals surface area contributed by atoms with Crippen molar-refractivity contribution < 1.29 is 4.74 Å². The van der Waals surface area contributed by atoms with Gasteiger partial charge in [0.15, 0.2) is 0 Å². The van der Waals surface area contributed by atoms with E-state index in [2.05, 4.69) is 23.9 Å². The van der Waals surface area contributed by atoms with Crippen LogP contribution in [0.25, 0.3) is 11.0 Å². The molecule has 2 heterocycles. The van der Waals surface area contributed by atoms with Gasteiger partial charge < -0.3 is 4.74 Å². The van der Waals surface area contributed by atoms with Crippen molar-refractivity contribution in [2.45, 2.75) is 33.1 Å². The largest absolute Gasteiger partial charge is 0.494 e. The SMILES string of the molecule is CCCOc1ccc(Cc2nn3c(=O)c(=Cc4ccc(CC)cc4)sc3nc2=O)cc1. The fraction of sp³-hybridized carbons (Fsp3) is 0.250. The quantitative estimate of drug-likeness (QED) is 0.448. The molecular weight excluding hydrogens is 410 g/mol. The fourth-order valence-corrected chi connectivity index (χ4v) is 4.07. The molecule has 158 valence electrons. The molecule has 4 rings (SSSR count). The summed E-state index contributed by atoms with van der Waals surface area (Å²) in [5, 5.41) is 4.32. The number of rotatable bonds is 7. The Morgan fingerprint density at radius 1 is 1.00 bits per heavy atom. The predicted octanol–water partition coefficient (Wildman–Crippen LogP) is 3.00. The third-order valence-electron chi connectivity index (χ3n) is 4.90. The van der Waals surface area contributed by atoms with Crippen molar-refractivity contribution in [2.75, 3.05) is 6.61 Å². The lowest BCUT2D eigenvalue weighted by Gasteiger charge is -2.05. The van der Waals surface area contributed by atoms with E-state index >= 15 is 0 Å². The van der Waals surface area contributed by atoms with Crippen molar-refractivity contribution in [3.05, 3.63) is 96.2 Å². The highest BCUT2D eigenvalue weighted by Gasteiger charge is 2.12. The molecule has 0 saturated heterocycles. The summed E-state index contributed by atoms with van der Waals surface area (Å²) in [4.78, 5) is 29.7. The second-order valence-corrected chi connectivity index (χ2v) is 8.25. The number of aromatic nitrogens is 3. The summed E-state index contributed by atoms with van der Waals surface area (Å²) in [5.74, 6) is 0.788. The van der Waals surface area contributed by atoms with Crippen molar-refractivity contribution >= 4 is 22.4 Å². The lowest BCUT2D eigenvalue weighted by atomic mass is 10.1. The van der Waals surface area contributed by atoms with Crippen LogP contribution in [0, 0.1) is 0 Å². The maximum atomic E-state index is 12.8. The summed E-state index contributed by atoms with van der Waals surface area (Å²) in [5.41, 5.74) is 2.63. The van der Waals surface area contributed by atoms with Crippen LogP contribution in [0.4, 0.5) is 0 Å². The minimum atomic E-state index is -0.411. The molecule has 0 fully saturated rings. The van der Waals surface area contributed by atoms with Gasteiger partial charge in [-0.15, -0.1) is 0 Å². The van der Waals surface area contributed by atoms with Gasteiger partial charge in [-0.2, -0.15) is 14.6 Å². The summed E-state index contributed by atoms with van der Waals surface area (Å²) < 4.78 is 7.31. The molecule has 31 heavy (non-hydrogen) atoms. The number of hydrogen-bond acceptors (Lipinski definition) is 6. The van der Waals surface area contributed by atoms with Crippen LogP contribution in [0.2, 0.25) is 0 Å². The molecule has 0 saturated carbocycles. The maximum Gasteiger partial charge on any atom is 0.296 e. The minimum absolute atomic E-state index is 0.244. The number of fused-ring (bicyclic) bond motifs is 1. The van der Waals surface area contributed by atoms with Crippen LogP contribution in [0.15, 0.2) is 58.1 Å². The van der Waals surface area contributed by atoms with E-state index in [0.29, 0.717) is 22.5 Å². The molecule has 0 unspecified atom stereocenters. The van der Waals surface area contributed by atoms with E-state index in [1.807, 2.05) is 54.6 Å². The first kappa shape index (κ1) is 20.9. The molecule has 0 amide bonds.